The van der Waals surface area contributed by atoms with Crippen LogP contribution in [0.4, 0.5) is 11.5 Å². The summed E-state index contributed by atoms with van der Waals surface area (Å²) < 4.78 is 10.9. The van der Waals surface area contributed by atoms with Gasteiger partial charge in [-0.05, 0) is 30.5 Å². The van der Waals surface area contributed by atoms with Gasteiger partial charge in [-0.3, -0.25) is 0 Å². The van der Waals surface area contributed by atoms with Crippen molar-refractivity contribution in [1.82, 2.24) is 10.2 Å². The minimum Gasteiger partial charge on any atom is -0.497 e. The Morgan fingerprint density at radius 1 is 0.839 bits per heavy atom. The van der Waals surface area contributed by atoms with Crippen LogP contribution < -0.4 is 14.8 Å². The van der Waals surface area contributed by atoms with Crippen LogP contribution in [0, 0.1) is 0 Å². The molecule has 5 heteroatoms. The van der Waals surface area contributed by atoms with E-state index in [1.807, 2.05) is 30.3 Å². The number of hydrogen-bond donors (Lipinski definition) is 1. The first kappa shape index (κ1) is 20.7. The van der Waals surface area contributed by atoms with Gasteiger partial charge in [0.05, 0.1) is 19.9 Å². The SMILES string of the molecule is CCCCc1ccc(-c2nnc(Nc3cc(OC)ccc3OC)c3ccccc23)cc1. The number of anilines is 2. The fourth-order valence-electron chi connectivity index (χ4n) is 3.66. The van der Waals surface area contributed by atoms with Crippen molar-refractivity contribution in [2.24, 2.45) is 0 Å². The second kappa shape index (κ2) is 9.47. The van der Waals surface area contributed by atoms with Crippen molar-refractivity contribution in [2.75, 3.05) is 19.5 Å². The standard InChI is InChI=1S/C26H27N3O2/c1-4-5-8-18-11-13-19(14-12-18)25-21-9-6-7-10-22(21)26(29-28-25)27-23-17-20(30-2)15-16-24(23)31-3/h6-7,9-17H,4-5,8H2,1-3H3,(H,27,29). The average molecular weight is 414 g/mol. The van der Waals surface area contributed by atoms with E-state index in [1.54, 1.807) is 14.2 Å². The molecule has 31 heavy (non-hydrogen) atoms. The van der Waals surface area contributed by atoms with Crippen LogP contribution in [0.1, 0.15) is 25.3 Å². The van der Waals surface area contributed by atoms with Crippen LogP contribution in [0.25, 0.3) is 22.0 Å². The summed E-state index contributed by atoms with van der Waals surface area (Å²) in [6.45, 7) is 2.22. The Morgan fingerprint density at radius 2 is 1.61 bits per heavy atom. The molecule has 0 aliphatic heterocycles. The molecule has 0 saturated carbocycles. The predicted molar refractivity (Wildman–Crippen MR) is 126 cm³/mol. The topological polar surface area (TPSA) is 56.3 Å². The van der Waals surface area contributed by atoms with Gasteiger partial charge in [0.1, 0.15) is 17.2 Å². The molecule has 158 valence electrons. The smallest absolute Gasteiger partial charge is 0.161 e. The van der Waals surface area contributed by atoms with E-state index in [9.17, 15) is 0 Å². The number of methoxy groups -OCH3 is 2. The summed E-state index contributed by atoms with van der Waals surface area (Å²) in [5, 5.41) is 14.5. The first-order chi connectivity index (χ1) is 15.2. The molecule has 0 radical (unpaired) electrons. The van der Waals surface area contributed by atoms with Crippen molar-refractivity contribution in [3.63, 3.8) is 0 Å². The maximum absolute atomic E-state index is 5.50. The number of fused-ring (bicyclic) bond motifs is 1. The highest BCUT2D eigenvalue weighted by Gasteiger charge is 2.13. The molecule has 0 atom stereocenters. The summed E-state index contributed by atoms with van der Waals surface area (Å²) in [4.78, 5) is 0. The largest absolute Gasteiger partial charge is 0.497 e. The van der Waals surface area contributed by atoms with Crippen molar-refractivity contribution in [3.05, 3.63) is 72.3 Å². The van der Waals surface area contributed by atoms with Crippen molar-refractivity contribution in [1.29, 1.82) is 0 Å². The quantitative estimate of drug-likeness (QED) is 0.362. The Morgan fingerprint density at radius 3 is 2.32 bits per heavy atom. The molecule has 5 nitrogen and oxygen atoms in total. The predicted octanol–water partition coefficient (Wildman–Crippen LogP) is 6.40. The van der Waals surface area contributed by atoms with Crippen molar-refractivity contribution in [3.8, 4) is 22.8 Å². The molecule has 0 fully saturated rings. The molecule has 0 aliphatic rings. The van der Waals surface area contributed by atoms with Gasteiger partial charge < -0.3 is 14.8 Å². The monoisotopic (exact) mass is 413 g/mol. The molecule has 3 aromatic carbocycles. The second-order valence-electron chi connectivity index (χ2n) is 7.43. The highest BCUT2D eigenvalue weighted by atomic mass is 16.5. The number of hydrogen-bond acceptors (Lipinski definition) is 5. The van der Waals surface area contributed by atoms with E-state index in [-0.39, 0.29) is 0 Å². The van der Waals surface area contributed by atoms with E-state index < -0.39 is 0 Å². The molecule has 4 rings (SSSR count). The molecule has 0 bridgehead atoms. The zero-order valence-corrected chi connectivity index (χ0v) is 18.2. The summed E-state index contributed by atoms with van der Waals surface area (Å²) in [7, 11) is 3.28. The third-order valence-corrected chi connectivity index (χ3v) is 5.39. The number of ether oxygens (including phenoxy) is 2. The molecule has 0 saturated heterocycles. The third-order valence-electron chi connectivity index (χ3n) is 5.39. The molecule has 1 heterocycles. The first-order valence-electron chi connectivity index (χ1n) is 10.6. The van der Waals surface area contributed by atoms with Crippen molar-refractivity contribution in [2.45, 2.75) is 26.2 Å². The maximum atomic E-state index is 5.50. The maximum Gasteiger partial charge on any atom is 0.161 e. The van der Waals surface area contributed by atoms with Gasteiger partial charge >= 0.3 is 0 Å². The Balaban J connectivity index is 1.72. The van der Waals surface area contributed by atoms with Crippen LogP contribution in [0.3, 0.4) is 0 Å². The first-order valence-corrected chi connectivity index (χ1v) is 10.6. The summed E-state index contributed by atoms with van der Waals surface area (Å²) >= 11 is 0. The van der Waals surface area contributed by atoms with Crippen LogP contribution in [-0.2, 0) is 6.42 Å². The molecule has 0 amide bonds. The Kier molecular flexibility index (Phi) is 6.32. The number of unbranched alkanes of at least 4 members (excludes halogenated alkanes) is 1. The molecule has 1 N–H and O–H groups in total. The fourth-order valence-corrected chi connectivity index (χ4v) is 3.66. The van der Waals surface area contributed by atoms with Gasteiger partial charge in [0.15, 0.2) is 5.82 Å². The number of nitrogens with zero attached hydrogens (tertiary/aromatic N) is 2. The van der Waals surface area contributed by atoms with Crippen LogP contribution >= 0.6 is 0 Å². The van der Waals surface area contributed by atoms with Crippen LogP contribution in [0.15, 0.2) is 66.7 Å². The number of aryl methyl sites for hydroxylation is 1. The highest BCUT2D eigenvalue weighted by molar-refractivity contribution is 6.01. The molecule has 0 aliphatic carbocycles. The number of aromatic nitrogens is 2. The van der Waals surface area contributed by atoms with Crippen LogP contribution in [-0.4, -0.2) is 24.4 Å². The van der Waals surface area contributed by atoms with E-state index in [0.717, 1.165) is 39.9 Å². The molecule has 1 aromatic heterocycles. The van der Waals surface area contributed by atoms with Crippen molar-refractivity contribution < 1.29 is 9.47 Å². The Hall–Kier alpha value is -3.60. The minimum atomic E-state index is 0.672. The van der Waals surface area contributed by atoms with E-state index in [2.05, 4.69) is 58.8 Å². The summed E-state index contributed by atoms with van der Waals surface area (Å²) in [5.74, 6) is 2.12. The highest BCUT2D eigenvalue weighted by Crippen LogP contribution is 2.35. The van der Waals surface area contributed by atoms with E-state index in [4.69, 9.17) is 9.47 Å². The van der Waals surface area contributed by atoms with E-state index in [0.29, 0.717) is 11.6 Å². The minimum absolute atomic E-state index is 0.672. The number of nitrogens with one attached hydrogen (secondary N) is 1. The van der Waals surface area contributed by atoms with Gasteiger partial charge in [-0.2, -0.15) is 0 Å². The lowest BCUT2D eigenvalue weighted by molar-refractivity contribution is 0.405. The number of benzene rings is 3. The lowest BCUT2D eigenvalue weighted by atomic mass is 10.0. The summed E-state index contributed by atoms with van der Waals surface area (Å²) in [6, 6.07) is 22.4. The fraction of sp³-hybridized carbons (Fsp3) is 0.231. The van der Waals surface area contributed by atoms with E-state index >= 15 is 0 Å². The molecular formula is C26H27N3O2. The number of rotatable bonds is 8. The van der Waals surface area contributed by atoms with Crippen molar-refractivity contribution >= 4 is 22.3 Å². The van der Waals surface area contributed by atoms with Gasteiger partial charge in [0, 0.05) is 22.4 Å². The van der Waals surface area contributed by atoms with Gasteiger partial charge in [0.2, 0.25) is 0 Å². The van der Waals surface area contributed by atoms with Gasteiger partial charge in [-0.15, -0.1) is 10.2 Å². The zero-order valence-electron chi connectivity index (χ0n) is 18.2. The lowest BCUT2D eigenvalue weighted by Crippen LogP contribution is -2.01. The molecule has 4 aromatic rings. The third kappa shape index (κ3) is 4.45. The van der Waals surface area contributed by atoms with Crippen LogP contribution in [0.2, 0.25) is 0 Å². The second-order valence-corrected chi connectivity index (χ2v) is 7.43. The molecule has 0 spiro atoms. The van der Waals surface area contributed by atoms with Gasteiger partial charge in [-0.25, -0.2) is 0 Å². The van der Waals surface area contributed by atoms with Crippen LogP contribution in [0.5, 0.6) is 11.5 Å². The van der Waals surface area contributed by atoms with Gasteiger partial charge in [-0.1, -0.05) is 61.9 Å². The normalized spacial score (nSPS) is 10.8. The molecular weight excluding hydrogens is 386 g/mol. The summed E-state index contributed by atoms with van der Waals surface area (Å²) in [5.41, 5.74) is 4.07. The molecule has 0 unspecified atom stereocenters. The zero-order chi connectivity index (χ0) is 21.6. The summed E-state index contributed by atoms with van der Waals surface area (Å²) in [6.07, 6.45) is 3.51. The Labute approximate surface area is 183 Å². The van der Waals surface area contributed by atoms with E-state index in [1.165, 1.54) is 18.4 Å². The lowest BCUT2D eigenvalue weighted by Gasteiger charge is -2.14. The Bertz CT molecular complexity index is 1170. The van der Waals surface area contributed by atoms with Gasteiger partial charge in [0.25, 0.3) is 0 Å². The average Bonchev–Trinajstić information content (AvgIpc) is 2.83.